The molecule has 0 bridgehead atoms. The average molecular weight is 316 g/mol. The smallest absolute Gasteiger partial charge is 0.404 e. The molecule has 0 aromatic heterocycles. The second kappa shape index (κ2) is 6.89. The van der Waals surface area contributed by atoms with Gasteiger partial charge in [-0.3, -0.25) is 0 Å². The molecule has 0 atom stereocenters. The molecule has 22 heavy (non-hydrogen) atoms. The highest BCUT2D eigenvalue weighted by Crippen LogP contribution is 2.30. The lowest BCUT2D eigenvalue weighted by molar-refractivity contribution is -0.274. The molecule has 1 aliphatic carbocycles. The highest BCUT2D eigenvalue weighted by Gasteiger charge is 2.32. The van der Waals surface area contributed by atoms with Gasteiger partial charge in [-0.25, -0.2) is 4.79 Å². The summed E-state index contributed by atoms with van der Waals surface area (Å²) in [5, 5.41) is 2.49. The molecule has 1 N–H and O–H groups in total. The van der Waals surface area contributed by atoms with Gasteiger partial charge in [0.05, 0.1) is 5.69 Å². The van der Waals surface area contributed by atoms with Crippen LogP contribution in [0.15, 0.2) is 24.3 Å². The maximum Gasteiger partial charge on any atom is 0.573 e. The van der Waals surface area contributed by atoms with E-state index in [2.05, 4.69) is 10.1 Å². The summed E-state index contributed by atoms with van der Waals surface area (Å²) in [6.45, 7) is 0. The van der Waals surface area contributed by atoms with E-state index in [0.29, 0.717) is 0 Å². The number of alkyl halides is 3. The Kier molecular flexibility index (Phi) is 5.15. The zero-order valence-electron chi connectivity index (χ0n) is 12.3. The molecule has 1 fully saturated rings. The Morgan fingerprint density at radius 3 is 2.50 bits per heavy atom. The predicted molar refractivity (Wildman–Crippen MR) is 76.8 cm³/mol. The van der Waals surface area contributed by atoms with E-state index in [4.69, 9.17) is 0 Å². The van der Waals surface area contributed by atoms with Crippen molar-refractivity contribution in [1.29, 1.82) is 0 Å². The summed E-state index contributed by atoms with van der Waals surface area (Å²) in [4.78, 5) is 13.8. The fourth-order valence-corrected chi connectivity index (χ4v) is 2.62. The number of hydrogen-bond acceptors (Lipinski definition) is 2. The number of anilines is 1. The SMILES string of the molecule is CN(C(=O)Nc1ccccc1OC(F)(F)F)C1CCCCC1. The van der Waals surface area contributed by atoms with E-state index in [9.17, 15) is 18.0 Å². The molecule has 0 radical (unpaired) electrons. The minimum atomic E-state index is -4.80. The standard InChI is InChI=1S/C15H19F3N2O2/c1-20(11-7-3-2-4-8-11)14(21)19-12-9-5-6-10-13(12)22-15(16,17)18/h5-6,9-11H,2-4,7-8H2,1H3,(H,19,21). The molecule has 1 aromatic rings. The van der Waals surface area contributed by atoms with Crippen LogP contribution in [0.4, 0.5) is 23.7 Å². The largest absolute Gasteiger partial charge is 0.573 e. The van der Waals surface area contributed by atoms with Gasteiger partial charge in [-0.1, -0.05) is 31.4 Å². The Hall–Kier alpha value is -1.92. The van der Waals surface area contributed by atoms with Crippen molar-refractivity contribution in [2.75, 3.05) is 12.4 Å². The number of rotatable bonds is 3. The zero-order chi connectivity index (χ0) is 16.2. The molecule has 0 heterocycles. The molecule has 2 amide bonds. The minimum Gasteiger partial charge on any atom is -0.404 e. The molecular formula is C15H19F3N2O2. The molecular weight excluding hydrogens is 297 g/mol. The number of carbonyl (C=O) groups excluding carboxylic acids is 1. The number of carbonyl (C=O) groups is 1. The van der Waals surface area contributed by atoms with Crippen molar-refractivity contribution in [3.63, 3.8) is 0 Å². The van der Waals surface area contributed by atoms with Crippen molar-refractivity contribution in [1.82, 2.24) is 4.90 Å². The highest BCUT2D eigenvalue weighted by atomic mass is 19.4. The van der Waals surface area contributed by atoms with Gasteiger partial charge in [0.2, 0.25) is 0 Å². The number of ether oxygens (including phenoxy) is 1. The predicted octanol–water partition coefficient (Wildman–Crippen LogP) is 4.38. The second-order valence-corrected chi connectivity index (χ2v) is 5.38. The summed E-state index contributed by atoms with van der Waals surface area (Å²) in [5.74, 6) is -0.416. The number of halogens is 3. The lowest BCUT2D eigenvalue weighted by Gasteiger charge is -2.31. The van der Waals surface area contributed by atoms with Crippen LogP contribution in [0.5, 0.6) is 5.75 Å². The van der Waals surface area contributed by atoms with E-state index in [1.165, 1.54) is 18.2 Å². The van der Waals surface area contributed by atoms with Crippen LogP contribution >= 0.6 is 0 Å². The van der Waals surface area contributed by atoms with Gasteiger partial charge in [-0.15, -0.1) is 13.2 Å². The molecule has 122 valence electrons. The quantitative estimate of drug-likeness (QED) is 0.899. The second-order valence-electron chi connectivity index (χ2n) is 5.38. The van der Waals surface area contributed by atoms with Crippen LogP contribution in [0, 0.1) is 0 Å². The summed E-state index contributed by atoms with van der Waals surface area (Å²) in [6, 6.07) is 5.22. The Bertz CT molecular complexity index is 514. The lowest BCUT2D eigenvalue weighted by Crippen LogP contribution is -2.41. The fraction of sp³-hybridized carbons (Fsp3) is 0.533. The van der Waals surface area contributed by atoms with Crippen LogP contribution in [0.3, 0.4) is 0 Å². The number of nitrogens with one attached hydrogen (secondary N) is 1. The Balaban J connectivity index is 2.04. The monoisotopic (exact) mass is 316 g/mol. The maximum atomic E-state index is 12.4. The van der Waals surface area contributed by atoms with E-state index < -0.39 is 18.1 Å². The van der Waals surface area contributed by atoms with Crippen molar-refractivity contribution < 1.29 is 22.7 Å². The van der Waals surface area contributed by atoms with Crippen LogP contribution < -0.4 is 10.1 Å². The number of benzene rings is 1. The van der Waals surface area contributed by atoms with Crippen molar-refractivity contribution in [3.8, 4) is 5.75 Å². The van der Waals surface area contributed by atoms with Crippen molar-refractivity contribution in [2.24, 2.45) is 0 Å². The first-order valence-corrected chi connectivity index (χ1v) is 7.25. The Labute approximate surface area is 127 Å². The number of amides is 2. The van der Waals surface area contributed by atoms with E-state index in [-0.39, 0.29) is 11.7 Å². The van der Waals surface area contributed by atoms with Crippen molar-refractivity contribution >= 4 is 11.7 Å². The summed E-state index contributed by atoms with van der Waals surface area (Å²) >= 11 is 0. The van der Waals surface area contributed by atoms with E-state index in [1.807, 2.05) is 0 Å². The fourth-order valence-electron chi connectivity index (χ4n) is 2.62. The summed E-state index contributed by atoms with van der Waals surface area (Å²) in [5.41, 5.74) is 0.00693. The van der Waals surface area contributed by atoms with Crippen LogP contribution in [-0.2, 0) is 0 Å². The third kappa shape index (κ3) is 4.54. The molecule has 7 heteroatoms. The topological polar surface area (TPSA) is 41.6 Å². The molecule has 1 aromatic carbocycles. The summed E-state index contributed by atoms with van der Waals surface area (Å²) in [7, 11) is 1.67. The number of para-hydroxylation sites is 2. The van der Waals surface area contributed by atoms with Crippen LogP contribution in [-0.4, -0.2) is 30.4 Å². The molecule has 1 saturated carbocycles. The lowest BCUT2D eigenvalue weighted by atomic mass is 9.95. The maximum absolute atomic E-state index is 12.4. The zero-order valence-corrected chi connectivity index (χ0v) is 12.3. The van der Waals surface area contributed by atoms with E-state index in [0.717, 1.165) is 32.1 Å². The summed E-state index contributed by atoms with van der Waals surface area (Å²) < 4.78 is 41.0. The molecule has 0 aliphatic heterocycles. The third-order valence-electron chi connectivity index (χ3n) is 3.80. The average Bonchev–Trinajstić information content (AvgIpc) is 2.48. The number of nitrogens with zero attached hydrogens (tertiary/aromatic N) is 1. The van der Waals surface area contributed by atoms with Gasteiger partial charge in [0.15, 0.2) is 5.75 Å². The molecule has 1 aliphatic rings. The molecule has 0 spiro atoms. The van der Waals surface area contributed by atoms with Gasteiger partial charge in [-0.05, 0) is 25.0 Å². The van der Waals surface area contributed by atoms with E-state index >= 15 is 0 Å². The van der Waals surface area contributed by atoms with Gasteiger partial charge in [-0.2, -0.15) is 0 Å². The van der Waals surface area contributed by atoms with Crippen LogP contribution in [0.1, 0.15) is 32.1 Å². The first-order valence-electron chi connectivity index (χ1n) is 7.25. The Morgan fingerprint density at radius 1 is 1.23 bits per heavy atom. The van der Waals surface area contributed by atoms with Gasteiger partial charge < -0.3 is 15.0 Å². The Morgan fingerprint density at radius 2 is 1.86 bits per heavy atom. The summed E-state index contributed by atoms with van der Waals surface area (Å²) in [6.07, 6.45) is 0.339. The van der Waals surface area contributed by atoms with E-state index in [1.54, 1.807) is 18.0 Å². The van der Waals surface area contributed by atoms with Crippen molar-refractivity contribution in [2.45, 2.75) is 44.5 Å². The third-order valence-corrected chi connectivity index (χ3v) is 3.80. The molecule has 0 saturated heterocycles. The van der Waals surface area contributed by atoms with Gasteiger partial charge in [0.1, 0.15) is 0 Å². The van der Waals surface area contributed by atoms with Crippen LogP contribution in [0.25, 0.3) is 0 Å². The molecule has 2 rings (SSSR count). The first kappa shape index (κ1) is 16.5. The molecule has 4 nitrogen and oxygen atoms in total. The number of urea groups is 1. The van der Waals surface area contributed by atoms with Gasteiger partial charge in [0, 0.05) is 13.1 Å². The van der Waals surface area contributed by atoms with Crippen LogP contribution in [0.2, 0.25) is 0 Å². The van der Waals surface area contributed by atoms with Gasteiger partial charge in [0.25, 0.3) is 0 Å². The van der Waals surface area contributed by atoms with Crippen molar-refractivity contribution in [3.05, 3.63) is 24.3 Å². The molecule has 0 unspecified atom stereocenters. The normalized spacial score (nSPS) is 16.2. The highest BCUT2D eigenvalue weighted by molar-refractivity contribution is 5.91. The minimum absolute atomic E-state index is 0.00693. The van der Waals surface area contributed by atoms with Gasteiger partial charge >= 0.3 is 12.4 Å². The number of hydrogen-bond donors (Lipinski definition) is 1. The first-order chi connectivity index (χ1) is 10.4.